The number of nitrogens with zero attached hydrogens (tertiary/aromatic N) is 1. The van der Waals surface area contributed by atoms with Crippen LogP contribution in [-0.4, -0.2) is 43.5 Å². The standard InChI is InChI=1S/C14H17FN2O3/c1-20-7-6-17-9-10(8-13(17)18)14(19)16-12-5-3-2-4-11(12)15/h2-5,10H,6-9H2,1H3,(H,16,19)/t10-/m0/s1. The molecule has 108 valence electrons. The molecule has 1 N–H and O–H groups in total. The molecule has 1 atom stereocenters. The van der Waals surface area contributed by atoms with E-state index in [-0.39, 0.29) is 23.9 Å². The third kappa shape index (κ3) is 3.33. The van der Waals surface area contributed by atoms with Crippen LogP contribution in [-0.2, 0) is 14.3 Å². The van der Waals surface area contributed by atoms with E-state index in [0.29, 0.717) is 19.7 Å². The number of nitrogens with one attached hydrogen (secondary N) is 1. The summed E-state index contributed by atoms with van der Waals surface area (Å²) in [6, 6.07) is 5.97. The van der Waals surface area contributed by atoms with E-state index in [2.05, 4.69) is 5.32 Å². The number of ether oxygens (including phenoxy) is 1. The van der Waals surface area contributed by atoms with Crippen LogP contribution in [0.3, 0.4) is 0 Å². The van der Waals surface area contributed by atoms with Crippen molar-refractivity contribution in [2.24, 2.45) is 5.92 Å². The van der Waals surface area contributed by atoms with Gasteiger partial charge < -0.3 is 15.0 Å². The Bertz CT molecular complexity index is 507. The van der Waals surface area contributed by atoms with Crippen molar-refractivity contribution in [2.75, 3.05) is 32.1 Å². The zero-order valence-electron chi connectivity index (χ0n) is 11.3. The highest BCUT2D eigenvalue weighted by Gasteiger charge is 2.34. The largest absolute Gasteiger partial charge is 0.383 e. The van der Waals surface area contributed by atoms with Gasteiger partial charge in [-0.2, -0.15) is 0 Å². The number of likely N-dealkylation sites (tertiary alicyclic amines) is 1. The van der Waals surface area contributed by atoms with Crippen LogP contribution in [0.5, 0.6) is 0 Å². The Morgan fingerprint density at radius 2 is 2.25 bits per heavy atom. The van der Waals surface area contributed by atoms with Crippen LogP contribution >= 0.6 is 0 Å². The van der Waals surface area contributed by atoms with Gasteiger partial charge in [0, 0.05) is 26.6 Å². The molecule has 0 spiro atoms. The average Bonchev–Trinajstić information content (AvgIpc) is 2.80. The Morgan fingerprint density at radius 3 is 2.95 bits per heavy atom. The topological polar surface area (TPSA) is 58.6 Å². The molecule has 1 fully saturated rings. The molecule has 1 aromatic rings. The first-order valence-corrected chi connectivity index (χ1v) is 6.44. The second-order valence-electron chi connectivity index (χ2n) is 4.70. The fourth-order valence-corrected chi connectivity index (χ4v) is 2.16. The van der Waals surface area contributed by atoms with Crippen LogP contribution in [0.15, 0.2) is 24.3 Å². The van der Waals surface area contributed by atoms with Gasteiger partial charge in [-0.05, 0) is 12.1 Å². The molecule has 6 heteroatoms. The van der Waals surface area contributed by atoms with Crippen molar-refractivity contribution in [2.45, 2.75) is 6.42 Å². The van der Waals surface area contributed by atoms with Crippen LogP contribution in [0.4, 0.5) is 10.1 Å². The quantitative estimate of drug-likeness (QED) is 0.883. The average molecular weight is 280 g/mol. The van der Waals surface area contributed by atoms with Gasteiger partial charge in [-0.25, -0.2) is 4.39 Å². The first-order chi connectivity index (χ1) is 9.61. The molecule has 0 aliphatic carbocycles. The lowest BCUT2D eigenvalue weighted by atomic mass is 10.1. The van der Waals surface area contributed by atoms with Crippen molar-refractivity contribution >= 4 is 17.5 Å². The number of halogens is 1. The number of carbonyl (C=O) groups excluding carboxylic acids is 2. The highest BCUT2D eigenvalue weighted by molar-refractivity contribution is 5.97. The van der Waals surface area contributed by atoms with Gasteiger partial charge in [0.2, 0.25) is 11.8 Å². The molecule has 0 unspecified atom stereocenters. The van der Waals surface area contributed by atoms with E-state index in [4.69, 9.17) is 4.74 Å². The molecule has 20 heavy (non-hydrogen) atoms. The lowest BCUT2D eigenvalue weighted by Gasteiger charge is -2.15. The number of anilines is 1. The van der Waals surface area contributed by atoms with Crippen molar-refractivity contribution < 1.29 is 18.7 Å². The van der Waals surface area contributed by atoms with E-state index in [9.17, 15) is 14.0 Å². The molecule has 1 aliphatic heterocycles. The summed E-state index contributed by atoms with van der Waals surface area (Å²) in [5.74, 6) is -1.33. The molecular formula is C14H17FN2O3. The maximum Gasteiger partial charge on any atom is 0.229 e. The van der Waals surface area contributed by atoms with E-state index in [0.717, 1.165) is 0 Å². The van der Waals surface area contributed by atoms with Crippen molar-refractivity contribution in [3.63, 3.8) is 0 Å². The fourth-order valence-electron chi connectivity index (χ4n) is 2.16. The summed E-state index contributed by atoms with van der Waals surface area (Å²) in [7, 11) is 1.56. The Hall–Kier alpha value is -1.95. The molecular weight excluding hydrogens is 263 g/mol. The number of carbonyl (C=O) groups is 2. The molecule has 1 aromatic carbocycles. The monoisotopic (exact) mass is 280 g/mol. The zero-order chi connectivity index (χ0) is 14.5. The van der Waals surface area contributed by atoms with Gasteiger partial charge >= 0.3 is 0 Å². The molecule has 5 nitrogen and oxygen atoms in total. The zero-order valence-corrected chi connectivity index (χ0v) is 11.3. The Morgan fingerprint density at radius 1 is 1.50 bits per heavy atom. The number of amides is 2. The predicted octanol–water partition coefficient (Wildman–Crippen LogP) is 1.26. The molecule has 2 amide bonds. The minimum atomic E-state index is -0.485. The second kappa shape index (κ2) is 6.47. The van der Waals surface area contributed by atoms with Crippen molar-refractivity contribution in [3.05, 3.63) is 30.1 Å². The van der Waals surface area contributed by atoms with E-state index in [1.165, 1.54) is 12.1 Å². The van der Waals surface area contributed by atoms with Crippen molar-refractivity contribution in [1.29, 1.82) is 0 Å². The Labute approximate surface area is 116 Å². The first kappa shape index (κ1) is 14.5. The molecule has 1 aliphatic rings. The third-order valence-corrected chi connectivity index (χ3v) is 3.28. The molecule has 0 radical (unpaired) electrons. The number of methoxy groups -OCH3 is 1. The maximum absolute atomic E-state index is 13.4. The van der Waals surface area contributed by atoms with Crippen LogP contribution in [0.2, 0.25) is 0 Å². The highest BCUT2D eigenvalue weighted by atomic mass is 19.1. The van der Waals surface area contributed by atoms with Gasteiger partial charge in [-0.3, -0.25) is 9.59 Å². The summed E-state index contributed by atoms with van der Waals surface area (Å²) in [6.07, 6.45) is 0.157. The van der Waals surface area contributed by atoms with Gasteiger partial charge in [-0.15, -0.1) is 0 Å². The summed E-state index contributed by atoms with van der Waals surface area (Å²) in [4.78, 5) is 25.4. The molecule has 0 bridgehead atoms. The summed E-state index contributed by atoms with van der Waals surface area (Å²) >= 11 is 0. The van der Waals surface area contributed by atoms with E-state index in [1.54, 1.807) is 24.1 Å². The summed E-state index contributed by atoms with van der Waals surface area (Å²) in [5, 5.41) is 2.53. The van der Waals surface area contributed by atoms with Crippen LogP contribution in [0, 0.1) is 11.7 Å². The van der Waals surface area contributed by atoms with E-state index in [1.807, 2.05) is 0 Å². The third-order valence-electron chi connectivity index (χ3n) is 3.28. The molecule has 1 saturated heterocycles. The first-order valence-electron chi connectivity index (χ1n) is 6.44. The molecule has 2 rings (SSSR count). The van der Waals surface area contributed by atoms with E-state index >= 15 is 0 Å². The van der Waals surface area contributed by atoms with Crippen LogP contribution in [0.25, 0.3) is 0 Å². The minimum Gasteiger partial charge on any atom is -0.383 e. The number of hydrogen-bond acceptors (Lipinski definition) is 3. The fraction of sp³-hybridized carbons (Fsp3) is 0.429. The smallest absolute Gasteiger partial charge is 0.229 e. The molecule has 1 heterocycles. The molecule has 0 saturated carbocycles. The van der Waals surface area contributed by atoms with Crippen LogP contribution < -0.4 is 5.32 Å². The molecule has 0 aromatic heterocycles. The van der Waals surface area contributed by atoms with Crippen LogP contribution in [0.1, 0.15) is 6.42 Å². The summed E-state index contributed by atoms with van der Waals surface area (Å²) in [6.45, 7) is 1.26. The normalized spacial score (nSPS) is 18.4. The summed E-state index contributed by atoms with van der Waals surface area (Å²) in [5.41, 5.74) is 0.139. The summed E-state index contributed by atoms with van der Waals surface area (Å²) < 4.78 is 18.4. The van der Waals surface area contributed by atoms with Gasteiger partial charge in [0.05, 0.1) is 18.2 Å². The Balaban J connectivity index is 1.94. The van der Waals surface area contributed by atoms with E-state index < -0.39 is 11.7 Å². The minimum absolute atomic E-state index is 0.0734. The second-order valence-corrected chi connectivity index (χ2v) is 4.70. The van der Waals surface area contributed by atoms with Gasteiger partial charge in [0.15, 0.2) is 0 Å². The Kier molecular flexibility index (Phi) is 4.68. The highest BCUT2D eigenvalue weighted by Crippen LogP contribution is 2.20. The number of hydrogen-bond donors (Lipinski definition) is 1. The number of para-hydroxylation sites is 1. The van der Waals surface area contributed by atoms with Gasteiger partial charge in [-0.1, -0.05) is 12.1 Å². The number of rotatable bonds is 5. The maximum atomic E-state index is 13.4. The number of benzene rings is 1. The lowest BCUT2D eigenvalue weighted by Crippen LogP contribution is -2.30. The lowest BCUT2D eigenvalue weighted by molar-refractivity contribution is -0.128. The van der Waals surface area contributed by atoms with Crippen molar-refractivity contribution in [3.8, 4) is 0 Å². The van der Waals surface area contributed by atoms with Gasteiger partial charge in [0.25, 0.3) is 0 Å². The van der Waals surface area contributed by atoms with Gasteiger partial charge in [0.1, 0.15) is 5.82 Å². The van der Waals surface area contributed by atoms with Crippen molar-refractivity contribution in [1.82, 2.24) is 4.90 Å². The predicted molar refractivity (Wildman–Crippen MR) is 71.6 cm³/mol. The SMILES string of the molecule is COCCN1C[C@@H](C(=O)Nc2ccccc2F)CC1=O.